The van der Waals surface area contributed by atoms with E-state index < -0.39 is 15.9 Å². The maximum Gasteiger partial charge on any atom is 0.257 e. The lowest BCUT2D eigenvalue weighted by Crippen LogP contribution is -2.30. The third-order valence-corrected chi connectivity index (χ3v) is 7.14. The summed E-state index contributed by atoms with van der Waals surface area (Å²) in [6, 6.07) is 10.2. The first-order valence-corrected chi connectivity index (χ1v) is 11.3. The van der Waals surface area contributed by atoms with E-state index in [4.69, 9.17) is 11.6 Å². The van der Waals surface area contributed by atoms with Crippen LogP contribution in [-0.4, -0.2) is 31.7 Å². The maximum atomic E-state index is 13.0. The first-order valence-electron chi connectivity index (χ1n) is 9.51. The Bertz CT molecular complexity index is 932. The van der Waals surface area contributed by atoms with E-state index in [0.29, 0.717) is 13.1 Å². The predicted octanol–water partition coefficient (Wildman–Crippen LogP) is 4.75. The highest BCUT2D eigenvalue weighted by Crippen LogP contribution is 2.27. The zero-order valence-corrected chi connectivity index (χ0v) is 18.3. The highest BCUT2D eigenvalue weighted by molar-refractivity contribution is 7.89. The molecule has 1 amide bonds. The van der Waals surface area contributed by atoms with Crippen LogP contribution >= 0.6 is 11.6 Å². The lowest BCUT2D eigenvalue weighted by Gasteiger charge is -2.19. The Balaban J connectivity index is 2.46. The van der Waals surface area contributed by atoms with Crippen LogP contribution in [0.5, 0.6) is 0 Å². The van der Waals surface area contributed by atoms with Gasteiger partial charge in [0.25, 0.3) is 5.91 Å². The van der Waals surface area contributed by atoms with Crippen LogP contribution in [0.4, 0.5) is 5.69 Å². The number of para-hydroxylation sites is 1. The van der Waals surface area contributed by atoms with Crippen molar-refractivity contribution in [2.45, 2.75) is 45.4 Å². The second kappa shape index (κ2) is 9.54. The highest BCUT2D eigenvalue weighted by Gasteiger charge is 2.24. The van der Waals surface area contributed by atoms with Crippen LogP contribution < -0.4 is 5.32 Å². The number of rotatable bonds is 8. The minimum Gasteiger partial charge on any atom is -0.321 e. The summed E-state index contributed by atoms with van der Waals surface area (Å²) in [5.74, 6) is -0.419. The second-order valence-corrected chi connectivity index (χ2v) is 8.69. The van der Waals surface area contributed by atoms with E-state index in [-0.39, 0.29) is 15.5 Å². The Kier molecular flexibility index (Phi) is 7.63. The minimum atomic E-state index is -3.68. The van der Waals surface area contributed by atoms with Gasteiger partial charge in [0.2, 0.25) is 10.0 Å². The van der Waals surface area contributed by atoms with Crippen molar-refractivity contribution in [2.75, 3.05) is 18.4 Å². The predicted molar refractivity (Wildman–Crippen MR) is 115 cm³/mol. The third-order valence-electron chi connectivity index (χ3n) is 4.76. The van der Waals surface area contributed by atoms with E-state index in [1.807, 2.05) is 32.0 Å². The number of benzene rings is 2. The van der Waals surface area contributed by atoms with Crippen LogP contribution in [0.25, 0.3) is 0 Å². The van der Waals surface area contributed by atoms with Crippen LogP contribution in [0.1, 0.15) is 49.2 Å². The van der Waals surface area contributed by atoms with Gasteiger partial charge in [-0.25, -0.2) is 8.42 Å². The first-order chi connectivity index (χ1) is 13.3. The van der Waals surface area contributed by atoms with Crippen molar-refractivity contribution in [2.24, 2.45) is 0 Å². The fourth-order valence-electron chi connectivity index (χ4n) is 3.14. The molecule has 152 valence electrons. The molecular formula is C21H27ClN2O3S. The molecule has 0 saturated carbocycles. The number of halogens is 1. The molecule has 5 nitrogen and oxygen atoms in total. The number of sulfonamides is 1. The molecule has 0 radical (unpaired) electrons. The van der Waals surface area contributed by atoms with Crippen molar-refractivity contribution in [1.29, 1.82) is 0 Å². The van der Waals surface area contributed by atoms with Gasteiger partial charge in [-0.2, -0.15) is 4.31 Å². The fourth-order valence-corrected chi connectivity index (χ4v) is 4.82. The summed E-state index contributed by atoms with van der Waals surface area (Å²) in [5, 5.41) is 3.15. The van der Waals surface area contributed by atoms with Gasteiger partial charge < -0.3 is 5.32 Å². The molecule has 2 rings (SSSR count). The molecule has 0 unspecified atom stereocenters. The smallest absolute Gasteiger partial charge is 0.257 e. The Morgan fingerprint density at radius 1 is 1.00 bits per heavy atom. The monoisotopic (exact) mass is 422 g/mol. The van der Waals surface area contributed by atoms with Crippen molar-refractivity contribution in [3.8, 4) is 0 Å². The number of hydrogen-bond acceptors (Lipinski definition) is 3. The van der Waals surface area contributed by atoms with Gasteiger partial charge in [0.1, 0.15) is 0 Å². The molecule has 0 atom stereocenters. The average Bonchev–Trinajstić information content (AvgIpc) is 2.68. The number of nitrogens with zero attached hydrogens (tertiary/aromatic N) is 1. The summed E-state index contributed by atoms with van der Waals surface area (Å²) in [5.41, 5.74) is 2.96. The number of carbonyl (C=O) groups excluding carboxylic acids is 1. The molecule has 7 heteroatoms. The van der Waals surface area contributed by atoms with Gasteiger partial charge in [0, 0.05) is 18.8 Å². The largest absolute Gasteiger partial charge is 0.321 e. The van der Waals surface area contributed by atoms with Gasteiger partial charge in [-0.15, -0.1) is 0 Å². The molecule has 0 fully saturated rings. The Morgan fingerprint density at radius 3 is 2.07 bits per heavy atom. The summed E-state index contributed by atoms with van der Waals surface area (Å²) in [4.78, 5) is 13.0. The van der Waals surface area contributed by atoms with Gasteiger partial charge >= 0.3 is 0 Å². The topological polar surface area (TPSA) is 66.5 Å². The molecule has 0 aromatic heterocycles. The number of anilines is 1. The van der Waals surface area contributed by atoms with Crippen LogP contribution in [0.3, 0.4) is 0 Å². The normalized spacial score (nSPS) is 11.6. The zero-order valence-electron chi connectivity index (χ0n) is 16.8. The molecule has 2 aromatic rings. The van der Waals surface area contributed by atoms with Gasteiger partial charge in [0.15, 0.2) is 0 Å². The molecule has 0 saturated heterocycles. The van der Waals surface area contributed by atoms with Crippen molar-refractivity contribution in [1.82, 2.24) is 4.31 Å². The molecule has 2 aromatic carbocycles. The van der Waals surface area contributed by atoms with E-state index in [0.717, 1.165) is 29.7 Å². The molecule has 0 heterocycles. The maximum absolute atomic E-state index is 13.0. The van der Waals surface area contributed by atoms with Crippen LogP contribution in [0, 0.1) is 0 Å². The number of nitrogens with one attached hydrogen (secondary N) is 1. The first kappa shape index (κ1) is 22.4. The lowest BCUT2D eigenvalue weighted by atomic mass is 10.0. The van der Waals surface area contributed by atoms with Crippen LogP contribution in [0.15, 0.2) is 41.3 Å². The number of hydrogen-bond donors (Lipinski definition) is 1. The molecule has 0 bridgehead atoms. The summed E-state index contributed by atoms with van der Waals surface area (Å²) in [6.45, 7) is 8.31. The van der Waals surface area contributed by atoms with Crippen LogP contribution in [0.2, 0.25) is 5.02 Å². The Labute approximate surface area is 172 Å². The average molecular weight is 423 g/mol. The molecule has 28 heavy (non-hydrogen) atoms. The third kappa shape index (κ3) is 4.57. The number of aryl methyl sites for hydroxylation is 2. The van der Waals surface area contributed by atoms with Crippen molar-refractivity contribution >= 4 is 33.2 Å². The van der Waals surface area contributed by atoms with Gasteiger partial charge in [0.05, 0.1) is 15.5 Å². The Hall–Kier alpha value is -1.89. The summed E-state index contributed by atoms with van der Waals surface area (Å²) in [7, 11) is -3.68. The second-order valence-electron chi connectivity index (χ2n) is 6.34. The van der Waals surface area contributed by atoms with E-state index in [2.05, 4.69) is 5.32 Å². The SMILES string of the molecule is CCc1cccc(CC)c1NC(=O)c1cc(S(=O)(=O)N(CC)CC)ccc1Cl. The molecule has 0 aliphatic rings. The van der Waals surface area contributed by atoms with Gasteiger partial charge in [-0.05, 0) is 42.2 Å². The van der Waals surface area contributed by atoms with Crippen molar-refractivity contribution in [3.05, 3.63) is 58.1 Å². The minimum absolute atomic E-state index is 0.0604. The molecule has 0 aliphatic heterocycles. The van der Waals surface area contributed by atoms with E-state index in [1.54, 1.807) is 13.8 Å². The Morgan fingerprint density at radius 2 is 1.57 bits per heavy atom. The lowest BCUT2D eigenvalue weighted by molar-refractivity contribution is 0.102. The summed E-state index contributed by atoms with van der Waals surface area (Å²) < 4.78 is 26.9. The summed E-state index contributed by atoms with van der Waals surface area (Å²) in [6.07, 6.45) is 1.54. The van der Waals surface area contributed by atoms with Crippen molar-refractivity contribution in [3.63, 3.8) is 0 Å². The molecule has 1 N–H and O–H groups in total. The van der Waals surface area contributed by atoms with Crippen LogP contribution in [-0.2, 0) is 22.9 Å². The van der Waals surface area contributed by atoms with E-state index in [9.17, 15) is 13.2 Å². The molecule has 0 aliphatic carbocycles. The fraction of sp³-hybridized carbons (Fsp3) is 0.381. The summed E-state index contributed by atoms with van der Waals surface area (Å²) >= 11 is 6.23. The van der Waals surface area contributed by atoms with Gasteiger partial charge in [-0.3, -0.25) is 4.79 Å². The molecular weight excluding hydrogens is 396 g/mol. The molecule has 0 spiro atoms. The zero-order chi connectivity index (χ0) is 20.9. The van der Waals surface area contributed by atoms with Crippen molar-refractivity contribution < 1.29 is 13.2 Å². The highest BCUT2D eigenvalue weighted by atomic mass is 35.5. The van der Waals surface area contributed by atoms with E-state index >= 15 is 0 Å². The number of amides is 1. The van der Waals surface area contributed by atoms with Gasteiger partial charge in [-0.1, -0.05) is 57.5 Å². The number of carbonyl (C=O) groups is 1. The van der Waals surface area contributed by atoms with E-state index in [1.165, 1.54) is 22.5 Å². The standard InChI is InChI=1S/C21H27ClN2O3S/c1-5-15-10-9-11-16(6-2)20(15)23-21(25)18-14-17(12-13-19(18)22)28(26,27)24(7-3)8-4/h9-14H,5-8H2,1-4H3,(H,23,25). The quantitative estimate of drug-likeness (QED) is 0.667.